The molecule has 0 N–H and O–H groups in total. The van der Waals surface area contributed by atoms with E-state index in [0.29, 0.717) is 18.9 Å². The average molecular weight is 299 g/mol. The second-order valence-electron chi connectivity index (χ2n) is 6.44. The summed E-state index contributed by atoms with van der Waals surface area (Å²) in [4.78, 5) is 11.3. The van der Waals surface area contributed by atoms with Crippen LogP contribution in [0.5, 0.6) is 0 Å². The molecule has 21 heavy (non-hydrogen) atoms. The molecule has 2 nitrogen and oxygen atoms in total. The number of hydrogen-bond acceptors (Lipinski definition) is 2. The summed E-state index contributed by atoms with van der Waals surface area (Å²) in [5, 5.41) is 0. The van der Waals surface area contributed by atoms with Gasteiger partial charge in [-0.15, -0.1) is 0 Å². The molecule has 0 spiro atoms. The summed E-state index contributed by atoms with van der Waals surface area (Å²) in [6.07, 6.45) is 16.9. The first-order valence-electron chi connectivity index (χ1n) is 9.36. The third-order valence-corrected chi connectivity index (χ3v) is 4.12. The second-order valence-corrected chi connectivity index (χ2v) is 6.44. The van der Waals surface area contributed by atoms with E-state index in [2.05, 4.69) is 13.8 Å². The Morgan fingerprint density at radius 2 is 1.29 bits per heavy atom. The van der Waals surface area contributed by atoms with Crippen LogP contribution >= 0.6 is 0 Å². The standard InChI is InChI=1S/C19H38O2/c1-4-6-7-8-9-10-11-12-13-14-15-16-18(3)17-19(20)21-5-2/h18H,4-17H2,1-3H3. The highest BCUT2D eigenvalue weighted by Crippen LogP contribution is 2.16. The molecule has 0 aromatic heterocycles. The van der Waals surface area contributed by atoms with E-state index in [-0.39, 0.29) is 5.97 Å². The summed E-state index contributed by atoms with van der Waals surface area (Å²) >= 11 is 0. The monoisotopic (exact) mass is 298 g/mol. The van der Waals surface area contributed by atoms with Crippen molar-refractivity contribution in [3.05, 3.63) is 0 Å². The molecule has 0 heterocycles. The van der Waals surface area contributed by atoms with Gasteiger partial charge >= 0.3 is 5.97 Å². The van der Waals surface area contributed by atoms with Crippen molar-refractivity contribution in [3.8, 4) is 0 Å². The van der Waals surface area contributed by atoms with E-state index in [1.54, 1.807) is 0 Å². The van der Waals surface area contributed by atoms with Gasteiger partial charge < -0.3 is 4.74 Å². The Kier molecular flexibility index (Phi) is 15.5. The first-order chi connectivity index (χ1) is 10.2. The van der Waals surface area contributed by atoms with E-state index in [9.17, 15) is 4.79 Å². The molecular formula is C19H38O2. The van der Waals surface area contributed by atoms with Crippen molar-refractivity contribution < 1.29 is 9.53 Å². The minimum Gasteiger partial charge on any atom is -0.466 e. The summed E-state index contributed by atoms with van der Waals surface area (Å²) in [5.41, 5.74) is 0. The number of rotatable bonds is 15. The Morgan fingerprint density at radius 3 is 1.76 bits per heavy atom. The maximum Gasteiger partial charge on any atom is 0.306 e. The Labute approximate surface area is 133 Å². The highest BCUT2D eigenvalue weighted by atomic mass is 16.5. The molecule has 0 fully saturated rings. The predicted octanol–water partition coefficient (Wildman–Crippen LogP) is 6.28. The fourth-order valence-corrected chi connectivity index (χ4v) is 2.76. The zero-order chi connectivity index (χ0) is 15.8. The fraction of sp³-hybridized carbons (Fsp3) is 0.947. The molecular weight excluding hydrogens is 260 g/mol. The lowest BCUT2D eigenvalue weighted by atomic mass is 9.99. The van der Waals surface area contributed by atoms with E-state index < -0.39 is 0 Å². The van der Waals surface area contributed by atoms with E-state index in [1.807, 2.05) is 6.92 Å². The summed E-state index contributed by atoms with van der Waals surface area (Å²) in [7, 11) is 0. The first-order valence-corrected chi connectivity index (χ1v) is 9.36. The van der Waals surface area contributed by atoms with Crippen molar-refractivity contribution in [1.29, 1.82) is 0 Å². The van der Waals surface area contributed by atoms with Crippen LogP contribution in [-0.2, 0) is 9.53 Å². The molecule has 0 aromatic carbocycles. The molecule has 1 atom stereocenters. The normalized spacial score (nSPS) is 12.3. The maximum absolute atomic E-state index is 11.3. The van der Waals surface area contributed by atoms with Crippen molar-refractivity contribution in [2.45, 2.75) is 104 Å². The lowest BCUT2D eigenvalue weighted by Crippen LogP contribution is -2.09. The number of esters is 1. The van der Waals surface area contributed by atoms with Gasteiger partial charge in [0.25, 0.3) is 0 Å². The molecule has 0 aliphatic rings. The molecule has 0 aromatic rings. The molecule has 0 aliphatic heterocycles. The zero-order valence-corrected chi connectivity index (χ0v) is 14.8. The summed E-state index contributed by atoms with van der Waals surface area (Å²) in [5.74, 6) is 0.440. The smallest absolute Gasteiger partial charge is 0.306 e. The van der Waals surface area contributed by atoms with Gasteiger partial charge in [-0.05, 0) is 12.8 Å². The van der Waals surface area contributed by atoms with Crippen LogP contribution in [-0.4, -0.2) is 12.6 Å². The maximum atomic E-state index is 11.3. The number of unbranched alkanes of at least 4 members (excludes halogenated alkanes) is 10. The largest absolute Gasteiger partial charge is 0.466 e. The Bertz CT molecular complexity index is 226. The summed E-state index contributed by atoms with van der Waals surface area (Å²) in [6, 6.07) is 0. The Hall–Kier alpha value is -0.530. The zero-order valence-electron chi connectivity index (χ0n) is 14.8. The predicted molar refractivity (Wildman–Crippen MR) is 91.5 cm³/mol. The molecule has 0 amide bonds. The van der Waals surface area contributed by atoms with Gasteiger partial charge in [-0.1, -0.05) is 90.9 Å². The topological polar surface area (TPSA) is 26.3 Å². The number of carbonyl (C=O) groups excluding carboxylic acids is 1. The first kappa shape index (κ1) is 20.5. The molecule has 126 valence electrons. The molecule has 0 aliphatic carbocycles. The lowest BCUT2D eigenvalue weighted by molar-refractivity contribution is -0.144. The van der Waals surface area contributed by atoms with Crippen LogP contribution in [0.25, 0.3) is 0 Å². The molecule has 0 saturated heterocycles. The van der Waals surface area contributed by atoms with Crippen molar-refractivity contribution >= 4 is 5.97 Å². The fourth-order valence-electron chi connectivity index (χ4n) is 2.76. The molecule has 1 unspecified atom stereocenters. The molecule has 0 bridgehead atoms. The number of ether oxygens (including phenoxy) is 1. The van der Waals surface area contributed by atoms with Gasteiger partial charge in [-0.3, -0.25) is 4.79 Å². The van der Waals surface area contributed by atoms with Gasteiger partial charge in [-0.2, -0.15) is 0 Å². The van der Waals surface area contributed by atoms with Crippen LogP contribution in [0.1, 0.15) is 104 Å². The van der Waals surface area contributed by atoms with Gasteiger partial charge in [0.05, 0.1) is 6.61 Å². The highest BCUT2D eigenvalue weighted by Gasteiger charge is 2.09. The van der Waals surface area contributed by atoms with Crippen molar-refractivity contribution in [2.75, 3.05) is 6.61 Å². The number of hydrogen-bond donors (Lipinski definition) is 0. The quantitative estimate of drug-likeness (QED) is 0.263. The van der Waals surface area contributed by atoms with Crippen LogP contribution in [0.4, 0.5) is 0 Å². The van der Waals surface area contributed by atoms with Gasteiger partial charge in [0.2, 0.25) is 0 Å². The van der Waals surface area contributed by atoms with Gasteiger partial charge in [0.1, 0.15) is 0 Å². The van der Waals surface area contributed by atoms with Crippen LogP contribution in [0.2, 0.25) is 0 Å². The summed E-state index contributed by atoms with van der Waals surface area (Å²) < 4.78 is 4.98. The molecule has 0 rings (SSSR count). The minimum atomic E-state index is -0.0342. The van der Waals surface area contributed by atoms with Crippen molar-refractivity contribution in [3.63, 3.8) is 0 Å². The van der Waals surface area contributed by atoms with E-state index >= 15 is 0 Å². The lowest BCUT2D eigenvalue weighted by Gasteiger charge is -2.10. The molecule has 0 radical (unpaired) electrons. The van der Waals surface area contributed by atoms with Gasteiger partial charge in [0, 0.05) is 6.42 Å². The van der Waals surface area contributed by atoms with Crippen LogP contribution in [0, 0.1) is 5.92 Å². The Balaban J connectivity index is 3.19. The third kappa shape index (κ3) is 15.7. The SMILES string of the molecule is CCCCCCCCCCCCCC(C)CC(=O)OCC. The average Bonchev–Trinajstić information content (AvgIpc) is 2.45. The van der Waals surface area contributed by atoms with Crippen LogP contribution in [0.3, 0.4) is 0 Å². The Morgan fingerprint density at radius 1 is 0.810 bits per heavy atom. The molecule has 0 saturated carbocycles. The highest BCUT2D eigenvalue weighted by molar-refractivity contribution is 5.69. The van der Waals surface area contributed by atoms with E-state index in [4.69, 9.17) is 4.74 Å². The summed E-state index contributed by atoms with van der Waals surface area (Å²) in [6.45, 7) is 6.80. The van der Waals surface area contributed by atoms with Crippen molar-refractivity contribution in [2.24, 2.45) is 5.92 Å². The minimum absolute atomic E-state index is 0.0342. The van der Waals surface area contributed by atoms with Crippen LogP contribution < -0.4 is 0 Å². The second kappa shape index (κ2) is 15.9. The molecule has 2 heteroatoms. The van der Waals surface area contributed by atoms with Gasteiger partial charge in [-0.25, -0.2) is 0 Å². The third-order valence-electron chi connectivity index (χ3n) is 4.12. The van der Waals surface area contributed by atoms with E-state index in [0.717, 1.165) is 6.42 Å². The van der Waals surface area contributed by atoms with Crippen molar-refractivity contribution in [1.82, 2.24) is 0 Å². The van der Waals surface area contributed by atoms with Gasteiger partial charge in [0.15, 0.2) is 0 Å². The van der Waals surface area contributed by atoms with Crippen LogP contribution in [0.15, 0.2) is 0 Å². The van der Waals surface area contributed by atoms with E-state index in [1.165, 1.54) is 70.6 Å². The number of carbonyl (C=O) groups is 1.